The van der Waals surface area contributed by atoms with Crippen molar-refractivity contribution in [1.82, 2.24) is 20.1 Å². The highest BCUT2D eigenvalue weighted by atomic mass is 16.1. The number of hydrogen-bond acceptors (Lipinski definition) is 4. The van der Waals surface area contributed by atoms with Gasteiger partial charge in [0.05, 0.1) is 24.7 Å². The van der Waals surface area contributed by atoms with Crippen LogP contribution in [0.1, 0.15) is 44.7 Å². The first kappa shape index (κ1) is 19.9. The molecule has 5 nitrogen and oxygen atoms in total. The van der Waals surface area contributed by atoms with E-state index in [2.05, 4.69) is 38.9 Å². The van der Waals surface area contributed by atoms with Crippen LogP contribution in [0.3, 0.4) is 0 Å². The normalized spacial score (nSPS) is 22.0. The van der Waals surface area contributed by atoms with Crippen LogP contribution in [0, 0.1) is 17.8 Å². The first-order valence-electron chi connectivity index (χ1n) is 10.4. The maximum Gasteiger partial charge on any atom is 0.224 e. The SMILES string of the molecule is CCC#CCN1CCC(N2CCCC(C(=O)NCc3ccccn3)C2)CC1. The van der Waals surface area contributed by atoms with E-state index < -0.39 is 0 Å². The van der Waals surface area contributed by atoms with E-state index in [1.807, 2.05) is 18.2 Å². The lowest BCUT2D eigenvalue weighted by atomic mass is 9.93. The predicted octanol–water partition coefficient (Wildman–Crippen LogP) is 2.29. The molecule has 27 heavy (non-hydrogen) atoms. The smallest absolute Gasteiger partial charge is 0.224 e. The third-order valence-electron chi connectivity index (χ3n) is 5.67. The van der Waals surface area contributed by atoms with Gasteiger partial charge in [-0.1, -0.05) is 18.9 Å². The second-order valence-electron chi connectivity index (χ2n) is 7.59. The van der Waals surface area contributed by atoms with Crippen molar-refractivity contribution in [2.24, 2.45) is 5.92 Å². The fraction of sp³-hybridized carbons (Fsp3) is 0.636. The summed E-state index contributed by atoms with van der Waals surface area (Å²) in [5.41, 5.74) is 0.914. The molecule has 1 aromatic rings. The Balaban J connectivity index is 1.43. The van der Waals surface area contributed by atoms with Gasteiger partial charge in [0.25, 0.3) is 0 Å². The molecule has 2 fully saturated rings. The Morgan fingerprint density at radius 3 is 2.81 bits per heavy atom. The zero-order valence-corrected chi connectivity index (χ0v) is 16.5. The van der Waals surface area contributed by atoms with Crippen LogP contribution >= 0.6 is 0 Å². The van der Waals surface area contributed by atoms with Crippen molar-refractivity contribution in [1.29, 1.82) is 0 Å². The number of aromatic nitrogens is 1. The summed E-state index contributed by atoms with van der Waals surface area (Å²) in [5.74, 6) is 6.70. The van der Waals surface area contributed by atoms with Crippen LogP contribution in [0.5, 0.6) is 0 Å². The summed E-state index contributed by atoms with van der Waals surface area (Å²) >= 11 is 0. The van der Waals surface area contributed by atoms with E-state index in [0.29, 0.717) is 12.6 Å². The summed E-state index contributed by atoms with van der Waals surface area (Å²) < 4.78 is 0. The first-order chi connectivity index (χ1) is 13.3. The molecule has 0 radical (unpaired) electrons. The topological polar surface area (TPSA) is 48.5 Å². The van der Waals surface area contributed by atoms with Crippen LogP contribution in [0.2, 0.25) is 0 Å². The maximum absolute atomic E-state index is 12.6. The number of piperidine rings is 2. The molecule has 0 aliphatic carbocycles. The molecule has 1 unspecified atom stereocenters. The summed E-state index contributed by atoms with van der Waals surface area (Å²) in [5, 5.41) is 3.08. The molecule has 1 N–H and O–H groups in total. The molecule has 1 atom stereocenters. The van der Waals surface area contributed by atoms with E-state index in [1.165, 1.54) is 12.8 Å². The number of carbonyl (C=O) groups is 1. The van der Waals surface area contributed by atoms with Gasteiger partial charge in [-0.25, -0.2) is 0 Å². The first-order valence-corrected chi connectivity index (χ1v) is 10.4. The van der Waals surface area contributed by atoms with Crippen LogP contribution in [0.4, 0.5) is 0 Å². The molecular weight excluding hydrogens is 336 g/mol. The standard InChI is InChI=1S/C22H32N4O/c1-2-3-6-13-25-15-10-21(11-16-25)26-14-7-8-19(18-26)22(27)24-17-20-9-4-5-12-23-20/h4-5,9,12,19,21H,2,7-8,10-11,13-18H2,1H3,(H,24,27). The zero-order chi connectivity index (χ0) is 18.9. The number of nitrogens with one attached hydrogen (secondary N) is 1. The van der Waals surface area contributed by atoms with E-state index in [4.69, 9.17) is 0 Å². The Morgan fingerprint density at radius 1 is 1.22 bits per heavy atom. The third-order valence-corrected chi connectivity index (χ3v) is 5.67. The molecule has 0 bridgehead atoms. The minimum absolute atomic E-state index is 0.107. The summed E-state index contributed by atoms with van der Waals surface area (Å²) in [6, 6.07) is 6.42. The molecule has 0 saturated carbocycles. The van der Waals surface area contributed by atoms with Crippen LogP contribution in [-0.4, -0.2) is 59.5 Å². The minimum Gasteiger partial charge on any atom is -0.350 e. The van der Waals surface area contributed by atoms with E-state index in [-0.39, 0.29) is 11.8 Å². The van der Waals surface area contributed by atoms with Crippen LogP contribution in [0.15, 0.2) is 24.4 Å². The lowest BCUT2D eigenvalue weighted by Crippen LogP contribution is -2.50. The Morgan fingerprint density at radius 2 is 2.07 bits per heavy atom. The van der Waals surface area contributed by atoms with E-state index >= 15 is 0 Å². The second kappa shape index (κ2) is 10.4. The fourth-order valence-corrected chi connectivity index (χ4v) is 4.11. The lowest BCUT2D eigenvalue weighted by molar-refractivity contribution is -0.127. The summed E-state index contributed by atoms with van der Waals surface area (Å²) in [6.45, 7) is 7.79. The Kier molecular flexibility index (Phi) is 7.67. The highest BCUT2D eigenvalue weighted by molar-refractivity contribution is 5.78. The van der Waals surface area contributed by atoms with Crippen molar-refractivity contribution in [3.05, 3.63) is 30.1 Å². The number of rotatable bonds is 5. The van der Waals surface area contributed by atoms with Crippen molar-refractivity contribution in [2.45, 2.75) is 51.6 Å². The average molecular weight is 369 g/mol. The molecule has 146 valence electrons. The van der Waals surface area contributed by atoms with Gasteiger partial charge in [-0.2, -0.15) is 0 Å². The number of carbonyl (C=O) groups excluding carboxylic acids is 1. The summed E-state index contributed by atoms with van der Waals surface area (Å²) in [6.07, 6.45) is 7.20. The van der Waals surface area contributed by atoms with Crippen LogP contribution in [-0.2, 0) is 11.3 Å². The number of likely N-dealkylation sites (tertiary alicyclic amines) is 2. The molecule has 0 aromatic carbocycles. The molecule has 2 saturated heterocycles. The zero-order valence-electron chi connectivity index (χ0n) is 16.5. The van der Waals surface area contributed by atoms with Gasteiger partial charge in [0.2, 0.25) is 5.91 Å². The quantitative estimate of drug-likeness (QED) is 0.810. The molecule has 0 spiro atoms. The van der Waals surface area contributed by atoms with Gasteiger partial charge in [0, 0.05) is 38.3 Å². The third kappa shape index (κ3) is 6.05. The Bertz CT molecular complexity index is 643. The fourth-order valence-electron chi connectivity index (χ4n) is 4.11. The van der Waals surface area contributed by atoms with E-state index in [0.717, 1.165) is 57.7 Å². The molecule has 1 aromatic heterocycles. The summed E-state index contributed by atoms with van der Waals surface area (Å²) in [4.78, 5) is 21.9. The molecule has 3 heterocycles. The second-order valence-corrected chi connectivity index (χ2v) is 7.59. The maximum atomic E-state index is 12.6. The minimum atomic E-state index is 0.107. The number of amides is 1. The molecule has 2 aliphatic heterocycles. The van der Waals surface area contributed by atoms with Crippen molar-refractivity contribution in [3.63, 3.8) is 0 Å². The number of pyridine rings is 1. The largest absolute Gasteiger partial charge is 0.350 e. The van der Waals surface area contributed by atoms with E-state index in [9.17, 15) is 4.79 Å². The average Bonchev–Trinajstić information content (AvgIpc) is 2.73. The Labute approximate surface area is 163 Å². The molecule has 3 rings (SSSR count). The molecule has 5 heteroatoms. The van der Waals surface area contributed by atoms with Crippen molar-refractivity contribution >= 4 is 5.91 Å². The van der Waals surface area contributed by atoms with Gasteiger partial charge in [0.15, 0.2) is 0 Å². The van der Waals surface area contributed by atoms with Gasteiger partial charge in [-0.15, -0.1) is 5.92 Å². The van der Waals surface area contributed by atoms with Crippen molar-refractivity contribution in [2.75, 3.05) is 32.7 Å². The van der Waals surface area contributed by atoms with E-state index in [1.54, 1.807) is 6.20 Å². The van der Waals surface area contributed by atoms with Crippen LogP contribution in [0.25, 0.3) is 0 Å². The molecule has 2 aliphatic rings. The number of nitrogens with zero attached hydrogens (tertiary/aromatic N) is 3. The van der Waals surface area contributed by atoms with Crippen molar-refractivity contribution in [3.8, 4) is 11.8 Å². The lowest BCUT2D eigenvalue weighted by Gasteiger charge is -2.41. The van der Waals surface area contributed by atoms with Gasteiger partial charge >= 0.3 is 0 Å². The monoisotopic (exact) mass is 368 g/mol. The number of hydrogen-bond donors (Lipinski definition) is 1. The highest BCUT2D eigenvalue weighted by Crippen LogP contribution is 2.24. The van der Waals surface area contributed by atoms with Crippen LogP contribution < -0.4 is 5.32 Å². The van der Waals surface area contributed by atoms with Gasteiger partial charge in [-0.3, -0.25) is 19.6 Å². The predicted molar refractivity (Wildman–Crippen MR) is 108 cm³/mol. The highest BCUT2D eigenvalue weighted by Gasteiger charge is 2.31. The Hall–Kier alpha value is -1.90. The summed E-state index contributed by atoms with van der Waals surface area (Å²) in [7, 11) is 0. The molecular formula is C22H32N4O. The van der Waals surface area contributed by atoms with Gasteiger partial charge < -0.3 is 5.32 Å². The van der Waals surface area contributed by atoms with Gasteiger partial charge in [0.1, 0.15) is 0 Å². The molecule has 1 amide bonds. The van der Waals surface area contributed by atoms with Gasteiger partial charge in [-0.05, 0) is 44.4 Å². The van der Waals surface area contributed by atoms with Crippen molar-refractivity contribution < 1.29 is 4.79 Å².